The maximum atomic E-state index is 12.9. The number of fused-ring (bicyclic) bond motifs is 1. The first-order valence-electron chi connectivity index (χ1n) is 10.4. The molecule has 3 unspecified atom stereocenters. The lowest BCUT2D eigenvalue weighted by molar-refractivity contribution is -0.126. The summed E-state index contributed by atoms with van der Waals surface area (Å²) in [6.07, 6.45) is -0.403. The smallest absolute Gasteiger partial charge is 0.262 e. The molecule has 3 amide bonds. The van der Waals surface area contributed by atoms with Crippen molar-refractivity contribution >= 4 is 27.7 Å². The molecule has 2 aliphatic heterocycles. The number of hydrogen-bond donors (Lipinski definition) is 1. The molecule has 0 bridgehead atoms. The number of nitrogens with zero attached hydrogens (tertiary/aromatic N) is 2. The van der Waals surface area contributed by atoms with Crippen molar-refractivity contribution in [3.8, 4) is 0 Å². The summed E-state index contributed by atoms with van der Waals surface area (Å²) < 4.78 is 32.3. The molecule has 0 aliphatic carbocycles. The fraction of sp³-hybridized carbons (Fsp3) is 0.571. The van der Waals surface area contributed by atoms with Gasteiger partial charge >= 0.3 is 0 Å². The molecule has 3 rings (SSSR count). The molecule has 1 fully saturated rings. The molecule has 1 aromatic carbocycles. The van der Waals surface area contributed by atoms with E-state index in [0.717, 1.165) is 4.90 Å². The normalized spacial score (nSPS) is 23.2. The number of imide groups is 1. The number of carbonyl (C=O) groups excluding carboxylic acids is 3. The minimum Gasteiger partial charge on any atom is -0.373 e. The molecule has 10 heteroatoms. The lowest BCUT2D eigenvalue weighted by Crippen LogP contribution is -2.53. The number of sulfonamides is 1. The third-order valence-corrected chi connectivity index (χ3v) is 7.25. The number of hydrogen-bond acceptors (Lipinski definition) is 6. The monoisotopic (exact) mass is 451 g/mol. The van der Waals surface area contributed by atoms with Gasteiger partial charge in [-0.15, -0.1) is 0 Å². The van der Waals surface area contributed by atoms with Crippen LogP contribution in [0.5, 0.6) is 0 Å². The van der Waals surface area contributed by atoms with Crippen LogP contribution in [0.25, 0.3) is 0 Å². The van der Waals surface area contributed by atoms with Crippen molar-refractivity contribution in [1.29, 1.82) is 0 Å². The van der Waals surface area contributed by atoms with E-state index in [-0.39, 0.29) is 54.6 Å². The van der Waals surface area contributed by atoms with Crippen LogP contribution in [0.15, 0.2) is 24.3 Å². The number of amides is 3. The van der Waals surface area contributed by atoms with Crippen molar-refractivity contribution in [2.75, 3.05) is 25.4 Å². The molecular formula is C21H29N3O6S. The van der Waals surface area contributed by atoms with E-state index < -0.39 is 33.8 Å². The van der Waals surface area contributed by atoms with Gasteiger partial charge in [-0.3, -0.25) is 19.3 Å². The van der Waals surface area contributed by atoms with Crippen LogP contribution >= 0.6 is 0 Å². The van der Waals surface area contributed by atoms with Crippen LogP contribution in [0.4, 0.5) is 0 Å². The third-order valence-electron chi connectivity index (χ3n) is 5.44. The van der Waals surface area contributed by atoms with Crippen LogP contribution in [-0.2, 0) is 19.6 Å². The summed E-state index contributed by atoms with van der Waals surface area (Å²) in [4.78, 5) is 39.4. The van der Waals surface area contributed by atoms with Crippen molar-refractivity contribution in [2.45, 2.75) is 45.9 Å². The summed E-state index contributed by atoms with van der Waals surface area (Å²) in [5.41, 5.74) is 0.535. The maximum absolute atomic E-state index is 12.9. The van der Waals surface area contributed by atoms with Crippen LogP contribution in [-0.4, -0.2) is 79.0 Å². The van der Waals surface area contributed by atoms with Gasteiger partial charge in [0.05, 0.1) is 29.1 Å². The van der Waals surface area contributed by atoms with Crippen molar-refractivity contribution in [3.05, 3.63) is 35.4 Å². The quantitative estimate of drug-likeness (QED) is 0.616. The number of morpholine rings is 1. The lowest BCUT2D eigenvalue weighted by atomic mass is 10.0. The number of nitrogens with one attached hydrogen (secondary N) is 1. The second-order valence-corrected chi connectivity index (χ2v) is 10.5. The van der Waals surface area contributed by atoms with Gasteiger partial charge in [0.1, 0.15) is 6.04 Å². The van der Waals surface area contributed by atoms with Crippen molar-refractivity contribution in [2.24, 2.45) is 5.92 Å². The van der Waals surface area contributed by atoms with Crippen LogP contribution in [0.3, 0.4) is 0 Å². The zero-order valence-corrected chi connectivity index (χ0v) is 19.0. The van der Waals surface area contributed by atoms with Gasteiger partial charge in [-0.2, -0.15) is 4.31 Å². The minimum atomic E-state index is -3.58. The number of carbonyl (C=O) groups is 3. The summed E-state index contributed by atoms with van der Waals surface area (Å²) in [6.45, 7) is 7.52. The molecule has 1 N–H and O–H groups in total. The summed E-state index contributed by atoms with van der Waals surface area (Å²) in [6, 6.07) is 5.41. The lowest BCUT2D eigenvalue weighted by Gasteiger charge is -2.34. The number of ether oxygens (including phenoxy) is 1. The van der Waals surface area contributed by atoms with Gasteiger partial charge < -0.3 is 10.1 Å². The SMILES string of the molecule is CC1CN(S(=O)(=O)CCNC(=O)C(C(C)C)N2C(=O)c3ccccc3C2=O)CC(C)O1. The van der Waals surface area contributed by atoms with E-state index >= 15 is 0 Å². The van der Waals surface area contributed by atoms with Gasteiger partial charge in [0.15, 0.2) is 0 Å². The molecule has 1 aromatic rings. The van der Waals surface area contributed by atoms with Crippen molar-refractivity contribution < 1.29 is 27.5 Å². The van der Waals surface area contributed by atoms with Crippen LogP contribution < -0.4 is 5.32 Å². The van der Waals surface area contributed by atoms with Gasteiger partial charge in [-0.05, 0) is 31.9 Å². The fourth-order valence-corrected chi connectivity index (χ4v) is 5.57. The molecule has 0 spiro atoms. The van der Waals surface area contributed by atoms with Crippen molar-refractivity contribution in [3.63, 3.8) is 0 Å². The van der Waals surface area contributed by atoms with Gasteiger partial charge in [0.25, 0.3) is 11.8 Å². The second-order valence-electron chi connectivity index (χ2n) is 8.40. The molecule has 9 nitrogen and oxygen atoms in total. The Bertz CT molecular complexity index is 932. The zero-order valence-electron chi connectivity index (χ0n) is 18.2. The Hall–Kier alpha value is -2.30. The van der Waals surface area contributed by atoms with Gasteiger partial charge in [-0.25, -0.2) is 8.42 Å². The number of rotatable bonds is 7. The predicted octanol–water partition coefficient (Wildman–Crippen LogP) is 0.862. The van der Waals surface area contributed by atoms with Crippen LogP contribution in [0.1, 0.15) is 48.4 Å². The van der Waals surface area contributed by atoms with Crippen LogP contribution in [0.2, 0.25) is 0 Å². The first-order valence-corrected chi connectivity index (χ1v) is 12.0. The fourth-order valence-electron chi connectivity index (χ4n) is 4.07. The first kappa shape index (κ1) is 23.4. The molecule has 1 saturated heterocycles. The minimum absolute atomic E-state index is 0.117. The molecule has 2 aliphatic rings. The molecular weight excluding hydrogens is 422 g/mol. The van der Waals surface area contributed by atoms with E-state index in [0.29, 0.717) is 0 Å². The van der Waals surface area contributed by atoms with Gasteiger partial charge in [-0.1, -0.05) is 26.0 Å². The Morgan fingerprint density at radius 2 is 1.61 bits per heavy atom. The number of benzene rings is 1. The summed E-state index contributed by atoms with van der Waals surface area (Å²) in [5, 5.41) is 2.60. The van der Waals surface area contributed by atoms with Gasteiger partial charge in [0, 0.05) is 19.6 Å². The second kappa shape index (κ2) is 9.05. The molecule has 170 valence electrons. The molecule has 0 saturated carbocycles. The zero-order chi connectivity index (χ0) is 22.9. The standard InChI is InChI=1S/C21H29N3O6S/c1-13(2)18(24-20(26)16-7-5-6-8-17(16)21(24)27)19(25)22-9-10-31(28,29)23-11-14(3)30-15(4)12-23/h5-8,13-15,18H,9-12H2,1-4H3,(H,22,25). The Morgan fingerprint density at radius 1 is 1.10 bits per heavy atom. The highest BCUT2D eigenvalue weighted by Crippen LogP contribution is 2.27. The third kappa shape index (κ3) is 4.81. The van der Waals surface area contributed by atoms with E-state index in [1.165, 1.54) is 4.31 Å². The van der Waals surface area contributed by atoms with Crippen molar-refractivity contribution in [1.82, 2.24) is 14.5 Å². The van der Waals surface area contributed by atoms with E-state index in [2.05, 4.69) is 5.32 Å². The summed E-state index contributed by atoms with van der Waals surface area (Å²) >= 11 is 0. The Labute approximate surface area is 182 Å². The van der Waals surface area contributed by atoms with E-state index in [4.69, 9.17) is 4.74 Å². The predicted molar refractivity (Wildman–Crippen MR) is 114 cm³/mol. The highest BCUT2D eigenvalue weighted by Gasteiger charge is 2.44. The largest absolute Gasteiger partial charge is 0.373 e. The average molecular weight is 452 g/mol. The molecule has 2 heterocycles. The summed E-state index contributed by atoms with van der Waals surface area (Å²) in [7, 11) is -3.58. The summed E-state index contributed by atoms with van der Waals surface area (Å²) in [5.74, 6) is -2.20. The highest BCUT2D eigenvalue weighted by molar-refractivity contribution is 7.89. The van der Waals surface area contributed by atoms with E-state index in [1.54, 1.807) is 38.1 Å². The Morgan fingerprint density at radius 3 is 2.10 bits per heavy atom. The topological polar surface area (TPSA) is 113 Å². The van der Waals surface area contributed by atoms with Crippen LogP contribution in [0, 0.1) is 5.92 Å². The average Bonchev–Trinajstić information content (AvgIpc) is 2.93. The maximum Gasteiger partial charge on any atom is 0.262 e. The molecule has 0 radical (unpaired) electrons. The molecule has 3 atom stereocenters. The Kier molecular flexibility index (Phi) is 6.82. The molecule has 0 aromatic heterocycles. The van der Waals surface area contributed by atoms with E-state index in [9.17, 15) is 22.8 Å². The Balaban J connectivity index is 1.66. The molecule has 31 heavy (non-hydrogen) atoms. The first-order chi connectivity index (χ1) is 14.5. The highest BCUT2D eigenvalue weighted by atomic mass is 32.2. The van der Waals surface area contributed by atoms with E-state index in [1.807, 2.05) is 13.8 Å². The van der Waals surface area contributed by atoms with Gasteiger partial charge in [0.2, 0.25) is 15.9 Å².